The highest BCUT2D eigenvalue weighted by molar-refractivity contribution is 6.04. The van der Waals surface area contributed by atoms with E-state index in [4.69, 9.17) is 10.5 Å². The van der Waals surface area contributed by atoms with E-state index in [2.05, 4.69) is 17.1 Å². The monoisotopic (exact) mass is 367 g/mol. The minimum atomic E-state index is -0.162. The molecule has 1 amide bonds. The Balaban J connectivity index is 1.68. The van der Waals surface area contributed by atoms with Gasteiger partial charge in [0.05, 0.1) is 17.5 Å². The highest BCUT2D eigenvalue weighted by atomic mass is 16.5. The second-order valence-electron chi connectivity index (χ2n) is 7.46. The summed E-state index contributed by atoms with van der Waals surface area (Å²) in [5.74, 6) is 0.593. The van der Waals surface area contributed by atoms with Crippen LogP contribution in [-0.2, 0) is 0 Å². The summed E-state index contributed by atoms with van der Waals surface area (Å²) in [4.78, 5) is 14.9. The molecule has 1 aliphatic rings. The van der Waals surface area contributed by atoms with Crippen molar-refractivity contribution < 1.29 is 9.53 Å². The number of nitrogens with two attached hydrogens (primary N) is 1. The average Bonchev–Trinajstić information content (AvgIpc) is 2.63. The summed E-state index contributed by atoms with van der Waals surface area (Å²) in [5, 5.41) is 2.92. The first-order valence-corrected chi connectivity index (χ1v) is 9.68. The number of nitrogens with zero attached hydrogens (tertiary/aromatic N) is 1. The van der Waals surface area contributed by atoms with Crippen molar-refractivity contribution in [2.75, 3.05) is 22.5 Å². The summed E-state index contributed by atoms with van der Waals surface area (Å²) in [7, 11) is 0. The number of anilines is 3. The molecule has 144 valence electrons. The molecule has 1 saturated heterocycles. The van der Waals surface area contributed by atoms with Crippen LogP contribution in [-0.4, -0.2) is 24.6 Å². The van der Waals surface area contributed by atoms with Crippen molar-refractivity contribution in [3.8, 4) is 5.75 Å². The van der Waals surface area contributed by atoms with E-state index >= 15 is 0 Å². The van der Waals surface area contributed by atoms with E-state index in [9.17, 15) is 4.79 Å². The standard InChI is InChI=1S/C22H29N3O2/c1-15(2)27-19-10-7-17(8-11-19)22(26)24-18-9-12-21(20(23)14-18)25-13-5-4-6-16(25)3/h7-12,14-16H,4-6,13,23H2,1-3H3,(H,24,26)/t16-/m0/s1. The van der Waals surface area contributed by atoms with Gasteiger partial charge in [0.2, 0.25) is 0 Å². The molecule has 0 bridgehead atoms. The average molecular weight is 367 g/mol. The normalized spacial score (nSPS) is 17.0. The van der Waals surface area contributed by atoms with Crippen LogP contribution in [0.15, 0.2) is 42.5 Å². The van der Waals surface area contributed by atoms with E-state index in [1.165, 1.54) is 19.3 Å². The number of rotatable bonds is 5. The fraction of sp³-hybridized carbons (Fsp3) is 0.409. The molecule has 1 heterocycles. The van der Waals surface area contributed by atoms with Gasteiger partial charge < -0.3 is 20.7 Å². The van der Waals surface area contributed by atoms with E-state index in [1.54, 1.807) is 12.1 Å². The van der Waals surface area contributed by atoms with Crippen LogP contribution in [0.3, 0.4) is 0 Å². The lowest BCUT2D eigenvalue weighted by molar-refractivity contribution is 0.102. The molecule has 0 spiro atoms. The van der Waals surface area contributed by atoms with Gasteiger partial charge in [-0.05, 0) is 82.5 Å². The smallest absolute Gasteiger partial charge is 0.255 e. The lowest BCUT2D eigenvalue weighted by atomic mass is 10.0. The first-order valence-electron chi connectivity index (χ1n) is 9.68. The second-order valence-corrected chi connectivity index (χ2v) is 7.46. The molecular weight excluding hydrogens is 338 g/mol. The molecule has 2 aromatic carbocycles. The van der Waals surface area contributed by atoms with Crippen LogP contribution in [0, 0.1) is 0 Å². The largest absolute Gasteiger partial charge is 0.491 e. The quantitative estimate of drug-likeness (QED) is 0.753. The number of piperidine rings is 1. The van der Waals surface area contributed by atoms with E-state index < -0.39 is 0 Å². The SMILES string of the molecule is CC(C)Oc1ccc(C(=O)Nc2ccc(N3CCCC[C@@H]3C)c(N)c2)cc1. The number of hydrogen-bond acceptors (Lipinski definition) is 4. The first kappa shape index (κ1) is 19.1. The summed E-state index contributed by atoms with van der Waals surface area (Å²) in [6.45, 7) is 7.21. The molecule has 5 nitrogen and oxygen atoms in total. The van der Waals surface area contributed by atoms with Gasteiger partial charge in [0.25, 0.3) is 5.91 Å². The molecule has 3 rings (SSSR count). The van der Waals surface area contributed by atoms with Crippen LogP contribution in [0.4, 0.5) is 17.1 Å². The van der Waals surface area contributed by atoms with Crippen molar-refractivity contribution in [3.05, 3.63) is 48.0 Å². The lowest BCUT2D eigenvalue weighted by Gasteiger charge is -2.36. The summed E-state index contributed by atoms with van der Waals surface area (Å²) in [6.07, 6.45) is 3.76. The van der Waals surface area contributed by atoms with Gasteiger partial charge >= 0.3 is 0 Å². The number of nitrogen functional groups attached to an aromatic ring is 1. The number of nitrogens with one attached hydrogen (secondary N) is 1. The maximum absolute atomic E-state index is 12.5. The zero-order valence-electron chi connectivity index (χ0n) is 16.4. The predicted molar refractivity (Wildman–Crippen MR) is 112 cm³/mol. The van der Waals surface area contributed by atoms with Crippen molar-refractivity contribution in [2.45, 2.75) is 52.2 Å². The number of carbonyl (C=O) groups is 1. The van der Waals surface area contributed by atoms with Crippen molar-refractivity contribution in [1.82, 2.24) is 0 Å². The van der Waals surface area contributed by atoms with Crippen molar-refractivity contribution >= 4 is 23.0 Å². The number of ether oxygens (including phenoxy) is 1. The van der Waals surface area contributed by atoms with E-state index in [0.717, 1.165) is 18.0 Å². The maximum atomic E-state index is 12.5. The zero-order chi connectivity index (χ0) is 19.4. The first-order chi connectivity index (χ1) is 12.9. The molecule has 0 aliphatic carbocycles. The van der Waals surface area contributed by atoms with Gasteiger partial charge in [0.15, 0.2) is 0 Å². The van der Waals surface area contributed by atoms with Crippen LogP contribution in [0.1, 0.15) is 50.4 Å². The minimum Gasteiger partial charge on any atom is -0.491 e. The van der Waals surface area contributed by atoms with Gasteiger partial charge in [-0.3, -0.25) is 4.79 Å². The number of hydrogen-bond donors (Lipinski definition) is 2. The molecule has 3 N–H and O–H groups in total. The number of carbonyl (C=O) groups excluding carboxylic acids is 1. The third kappa shape index (κ3) is 4.73. The molecule has 0 unspecified atom stereocenters. The molecular formula is C22H29N3O2. The Morgan fingerprint density at radius 3 is 2.56 bits per heavy atom. The van der Waals surface area contributed by atoms with Crippen LogP contribution in [0.5, 0.6) is 5.75 Å². The van der Waals surface area contributed by atoms with Crippen molar-refractivity contribution in [3.63, 3.8) is 0 Å². The van der Waals surface area contributed by atoms with E-state index in [0.29, 0.717) is 23.0 Å². The molecule has 0 radical (unpaired) electrons. The van der Waals surface area contributed by atoms with Gasteiger partial charge in [-0.1, -0.05) is 0 Å². The molecule has 0 aromatic heterocycles. The molecule has 1 aliphatic heterocycles. The summed E-state index contributed by atoms with van der Waals surface area (Å²) >= 11 is 0. The summed E-state index contributed by atoms with van der Waals surface area (Å²) < 4.78 is 5.61. The van der Waals surface area contributed by atoms with Gasteiger partial charge in [-0.25, -0.2) is 0 Å². The van der Waals surface area contributed by atoms with Crippen LogP contribution in [0.25, 0.3) is 0 Å². The number of amides is 1. The Kier molecular flexibility index (Phi) is 5.89. The zero-order valence-corrected chi connectivity index (χ0v) is 16.4. The highest BCUT2D eigenvalue weighted by Crippen LogP contribution is 2.31. The van der Waals surface area contributed by atoms with Crippen molar-refractivity contribution in [2.24, 2.45) is 0 Å². The fourth-order valence-electron chi connectivity index (χ4n) is 3.51. The Morgan fingerprint density at radius 1 is 1.19 bits per heavy atom. The topological polar surface area (TPSA) is 67.6 Å². The Bertz CT molecular complexity index is 787. The maximum Gasteiger partial charge on any atom is 0.255 e. The van der Waals surface area contributed by atoms with Crippen LogP contribution in [0.2, 0.25) is 0 Å². The second kappa shape index (κ2) is 8.33. The molecule has 27 heavy (non-hydrogen) atoms. The third-order valence-corrected chi connectivity index (χ3v) is 4.89. The Labute approximate surface area is 161 Å². The van der Waals surface area contributed by atoms with E-state index in [1.807, 2.05) is 44.2 Å². The molecule has 5 heteroatoms. The third-order valence-electron chi connectivity index (χ3n) is 4.89. The van der Waals surface area contributed by atoms with Gasteiger partial charge in [-0.2, -0.15) is 0 Å². The molecule has 0 saturated carbocycles. The molecule has 1 atom stereocenters. The predicted octanol–water partition coefficient (Wildman–Crippen LogP) is 4.69. The summed E-state index contributed by atoms with van der Waals surface area (Å²) in [5.41, 5.74) is 9.32. The highest BCUT2D eigenvalue weighted by Gasteiger charge is 2.20. The van der Waals surface area contributed by atoms with Crippen molar-refractivity contribution in [1.29, 1.82) is 0 Å². The summed E-state index contributed by atoms with van der Waals surface area (Å²) in [6, 6.07) is 13.4. The number of benzene rings is 2. The molecule has 2 aromatic rings. The Morgan fingerprint density at radius 2 is 1.93 bits per heavy atom. The molecule has 1 fully saturated rings. The van der Waals surface area contributed by atoms with Gasteiger partial charge in [-0.15, -0.1) is 0 Å². The Hall–Kier alpha value is -2.69. The van der Waals surface area contributed by atoms with Gasteiger partial charge in [0, 0.05) is 23.8 Å². The van der Waals surface area contributed by atoms with Gasteiger partial charge in [0.1, 0.15) is 5.75 Å². The fourth-order valence-corrected chi connectivity index (χ4v) is 3.51. The van der Waals surface area contributed by atoms with Crippen LogP contribution < -0.4 is 20.7 Å². The minimum absolute atomic E-state index is 0.105. The lowest BCUT2D eigenvalue weighted by Crippen LogP contribution is -2.37. The van der Waals surface area contributed by atoms with E-state index in [-0.39, 0.29) is 12.0 Å². The van der Waals surface area contributed by atoms with Crippen LogP contribution >= 0.6 is 0 Å².